The Morgan fingerprint density at radius 3 is 2.82 bits per heavy atom. The molecule has 17 heavy (non-hydrogen) atoms. The second-order valence-corrected chi connectivity index (χ2v) is 5.36. The minimum atomic E-state index is -0.672. The van der Waals surface area contributed by atoms with Gasteiger partial charge < -0.3 is 10.2 Å². The average molecular weight is 254 g/mol. The zero-order chi connectivity index (χ0) is 12.3. The molecule has 2 N–H and O–H groups in total. The van der Waals surface area contributed by atoms with E-state index in [2.05, 4.69) is 9.97 Å². The Labute approximate surface area is 105 Å². The van der Waals surface area contributed by atoms with Gasteiger partial charge in [0.25, 0.3) is 0 Å². The summed E-state index contributed by atoms with van der Waals surface area (Å²) in [5.74, 6) is 1.28. The normalized spacial score (nSPS) is 16.6. The summed E-state index contributed by atoms with van der Waals surface area (Å²) < 4.78 is 0. The second-order valence-electron chi connectivity index (χ2n) is 4.36. The largest absolute Gasteiger partial charge is 0.394 e. The third-order valence-electron chi connectivity index (χ3n) is 2.88. The summed E-state index contributed by atoms with van der Waals surface area (Å²) in [5.41, 5.74) is 2.42. The van der Waals surface area contributed by atoms with Crippen molar-refractivity contribution in [2.45, 2.75) is 43.7 Å². The van der Waals surface area contributed by atoms with Crippen LogP contribution < -0.4 is 0 Å². The summed E-state index contributed by atoms with van der Waals surface area (Å²) >= 11 is 1.52. The third kappa shape index (κ3) is 3.18. The second kappa shape index (κ2) is 5.80. The maximum absolute atomic E-state index is 9.38. The van der Waals surface area contributed by atoms with Gasteiger partial charge in [-0.25, -0.2) is 9.97 Å². The fourth-order valence-electron chi connectivity index (χ4n) is 2.03. The van der Waals surface area contributed by atoms with Crippen LogP contribution in [0.15, 0.2) is 5.03 Å². The molecule has 0 amide bonds. The number of aliphatic hydroxyl groups is 2. The quantitative estimate of drug-likeness (QED) is 0.622. The fraction of sp³-hybridized carbons (Fsp3) is 0.667. The van der Waals surface area contributed by atoms with Crippen LogP contribution in [0.1, 0.15) is 29.9 Å². The molecule has 0 saturated heterocycles. The number of hydrogen-bond donors (Lipinski definition) is 2. The summed E-state index contributed by atoms with van der Waals surface area (Å²) in [7, 11) is 0. The van der Waals surface area contributed by atoms with Gasteiger partial charge in [-0.1, -0.05) is 0 Å². The molecule has 0 fully saturated rings. The summed E-state index contributed by atoms with van der Waals surface area (Å²) in [6.45, 7) is 1.71. The van der Waals surface area contributed by atoms with E-state index in [1.807, 2.05) is 6.92 Å². The molecule has 0 spiro atoms. The molecule has 0 bridgehead atoms. The molecule has 1 atom stereocenters. The maximum atomic E-state index is 9.38. The monoisotopic (exact) mass is 254 g/mol. The van der Waals surface area contributed by atoms with Crippen molar-refractivity contribution < 1.29 is 10.2 Å². The van der Waals surface area contributed by atoms with E-state index >= 15 is 0 Å². The van der Waals surface area contributed by atoms with Crippen molar-refractivity contribution in [1.29, 1.82) is 0 Å². The molecular weight excluding hydrogens is 236 g/mol. The minimum Gasteiger partial charge on any atom is -0.394 e. The van der Waals surface area contributed by atoms with Crippen molar-refractivity contribution in [3.05, 3.63) is 17.1 Å². The van der Waals surface area contributed by atoms with E-state index in [0.29, 0.717) is 5.75 Å². The van der Waals surface area contributed by atoms with E-state index in [9.17, 15) is 5.11 Å². The number of hydrogen-bond acceptors (Lipinski definition) is 5. The molecule has 94 valence electrons. The molecule has 1 aromatic heterocycles. The van der Waals surface area contributed by atoms with Gasteiger partial charge in [-0.3, -0.25) is 0 Å². The molecule has 4 nitrogen and oxygen atoms in total. The van der Waals surface area contributed by atoms with Crippen molar-refractivity contribution in [3.8, 4) is 0 Å². The molecule has 0 radical (unpaired) electrons. The smallest absolute Gasteiger partial charge is 0.126 e. The lowest BCUT2D eigenvalue weighted by Gasteiger charge is -2.18. The number of aryl methyl sites for hydroxylation is 2. The summed E-state index contributed by atoms with van der Waals surface area (Å²) in [5, 5.41) is 19.2. The predicted octanol–water partition coefficient (Wildman–Crippen LogP) is 1.11. The number of nitrogens with zero attached hydrogens (tertiary/aromatic N) is 2. The Morgan fingerprint density at radius 1 is 1.29 bits per heavy atom. The van der Waals surface area contributed by atoms with E-state index in [0.717, 1.165) is 23.7 Å². The van der Waals surface area contributed by atoms with Crippen molar-refractivity contribution in [2.24, 2.45) is 0 Å². The Balaban J connectivity index is 2.17. The van der Waals surface area contributed by atoms with Crippen molar-refractivity contribution in [3.63, 3.8) is 0 Å². The summed E-state index contributed by atoms with van der Waals surface area (Å²) in [4.78, 5) is 8.94. The first-order chi connectivity index (χ1) is 8.20. The van der Waals surface area contributed by atoms with Crippen LogP contribution >= 0.6 is 11.8 Å². The Kier molecular flexibility index (Phi) is 4.36. The Hall–Kier alpha value is -0.650. The molecule has 1 aliphatic carbocycles. The van der Waals surface area contributed by atoms with Crippen LogP contribution in [0.3, 0.4) is 0 Å². The van der Waals surface area contributed by atoms with Crippen LogP contribution in [-0.4, -0.2) is 38.6 Å². The zero-order valence-electron chi connectivity index (χ0n) is 10.0. The lowest BCUT2D eigenvalue weighted by atomic mass is 9.97. The van der Waals surface area contributed by atoms with Crippen molar-refractivity contribution in [2.75, 3.05) is 12.4 Å². The van der Waals surface area contributed by atoms with Crippen LogP contribution in [0.2, 0.25) is 0 Å². The van der Waals surface area contributed by atoms with Gasteiger partial charge in [-0.2, -0.15) is 0 Å². The Morgan fingerprint density at radius 2 is 2.06 bits per heavy atom. The van der Waals surface area contributed by atoms with Gasteiger partial charge >= 0.3 is 0 Å². The van der Waals surface area contributed by atoms with E-state index in [1.165, 1.54) is 35.9 Å². The highest BCUT2D eigenvalue weighted by Crippen LogP contribution is 2.28. The van der Waals surface area contributed by atoms with Gasteiger partial charge in [-0.15, -0.1) is 11.8 Å². The molecule has 2 rings (SSSR count). The SMILES string of the molecule is Cc1nc2c(c(SCC(O)CO)n1)CCCC2. The van der Waals surface area contributed by atoms with Gasteiger partial charge in [0.05, 0.1) is 12.7 Å². The highest BCUT2D eigenvalue weighted by molar-refractivity contribution is 7.99. The fourth-order valence-corrected chi connectivity index (χ4v) is 3.07. The molecule has 1 aliphatic rings. The molecular formula is C12H18N2O2S. The van der Waals surface area contributed by atoms with Crippen molar-refractivity contribution in [1.82, 2.24) is 9.97 Å². The molecule has 0 saturated carbocycles. The van der Waals surface area contributed by atoms with Gasteiger partial charge in [-0.05, 0) is 32.6 Å². The third-order valence-corrected chi connectivity index (χ3v) is 4.04. The molecule has 0 aromatic carbocycles. The lowest BCUT2D eigenvalue weighted by Crippen LogP contribution is -2.16. The minimum absolute atomic E-state index is 0.195. The molecule has 1 heterocycles. The van der Waals surface area contributed by atoms with E-state index in [4.69, 9.17) is 5.11 Å². The van der Waals surface area contributed by atoms with Crippen LogP contribution in [0.25, 0.3) is 0 Å². The topological polar surface area (TPSA) is 66.2 Å². The number of thioether (sulfide) groups is 1. The highest BCUT2D eigenvalue weighted by atomic mass is 32.2. The number of rotatable bonds is 4. The molecule has 5 heteroatoms. The van der Waals surface area contributed by atoms with Gasteiger partial charge in [0.2, 0.25) is 0 Å². The standard InChI is InChI=1S/C12H18N2O2S/c1-8-13-11-5-3-2-4-10(11)12(14-8)17-7-9(16)6-15/h9,15-16H,2-7H2,1H3. The predicted molar refractivity (Wildman–Crippen MR) is 67.2 cm³/mol. The first kappa shape index (κ1) is 12.8. The van der Waals surface area contributed by atoms with Gasteiger partial charge in [0.15, 0.2) is 0 Å². The molecule has 0 aliphatic heterocycles. The first-order valence-corrected chi connectivity index (χ1v) is 6.97. The maximum Gasteiger partial charge on any atom is 0.126 e. The van der Waals surface area contributed by atoms with E-state index < -0.39 is 6.10 Å². The average Bonchev–Trinajstić information content (AvgIpc) is 2.35. The number of aliphatic hydroxyl groups excluding tert-OH is 2. The van der Waals surface area contributed by atoms with Crippen LogP contribution in [-0.2, 0) is 12.8 Å². The summed E-state index contributed by atoms with van der Waals surface area (Å²) in [6, 6.07) is 0. The number of aromatic nitrogens is 2. The van der Waals surface area contributed by atoms with E-state index in [1.54, 1.807) is 0 Å². The van der Waals surface area contributed by atoms with Crippen LogP contribution in [0.4, 0.5) is 0 Å². The van der Waals surface area contributed by atoms with Gasteiger partial charge in [0, 0.05) is 17.0 Å². The van der Waals surface area contributed by atoms with Crippen LogP contribution in [0.5, 0.6) is 0 Å². The summed E-state index contributed by atoms with van der Waals surface area (Å²) in [6.07, 6.45) is 3.79. The van der Waals surface area contributed by atoms with Crippen LogP contribution in [0, 0.1) is 6.92 Å². The van der Waals surface area contributed by atoms with E-state index in [-0.39, 0.29) is 6.61 Å². The number of fused-ring (bicyclic) bond motifs is 1. The van der Waals surface area contributed by atoms with Crippen molar-refractivity contribution >= 4 is 11.8 Å². The molecule has 1 aromatic rings. The highest BCUT2D eigenvalue weighted by Gasteiger charge is 2.17. The molecule has 1 unspecified atom stereocenters. The lowest BCUT2D eigenvalue weighted by molar-refractivity contribution is 0.113. The zero-order valence-corrected chi connectivity index (χ0v) is 10.8. The first-order valence-electron chi connectivity index (χ1n) is 5.99. The Bertz CT molecular complexity index is 398. The van der Waals surface area contributed by atoms with Gasteiger partial charge in [0.1, 0.15) is 10.9 Å².